The van der Waals surface area contributed by atoms with Crippen molar-refractivity contribution in [3.8, 4) is 111 Å². The fourth-order valence-electron chi connectivity index (χ4n) is 23.0. The molecule has 598 valence electrons. The smallest absolute Gasteiger partial charge is 0.0465 e. The summed E-state index contributed by atoms with van der Waals surface area (Å²) in [6.45, 7) is 28.5. The molecule has 0 bridgehead atoms. The third-order valence-corrected chi connectivity index (χ3v) is 29.3. The maximum Gasteiger partial charge on any atom is 0.0465 e. The van der Waals surface area contributed by atoms with Crippen LogP contribution < -0.4 is 0 Å². The first-order valence-electron chi connectivity index (χ1n) is 46.4. The predicted molar refractivity (Wildman–Crippen MR) is 507 cm³/mol. The lowest BCUT2D eigenvalue weighted by Crippen LogP contribution is -2.25. The number of rotatable bonds is 34. The summed E-state index contributed by atoms with van der Waals surface area (Å²) in [5.41, 5.74) is 46.3. The molecule has 0 atom stereocenters. The molecule has 17 rings (SSSR count). The highest BCUT2D eigenvalue weighted by atomic mass is 14.7. The van der Waals surface area contributed by atoms with Gasteiger partial charge >= 0.3 is 0 Å². The Morgan fingerprint density at radius 3 is 0.752 bits per heavy atom. The molecule has 0 saturated heterocycles. The summed E-state index contributed by atoms with van der Waals surface area (Å²) in [5.74, 6) is 0. The average Bonchev–Trinajstić information content (AvgIpc) is 1.57. The zero-order valence-corrected chi connectivity index (χ0v) is 73.1. The fourth-order valence-corrected chi connectivity index (χ4v) is 23.0. The highest BCUT2D eigenvalue weighted by Gasteiger charge is 2.45. The van der Waals surface area contributed by atoms with Crippen LogP contribution in [0.2, 0.25) is 0 Å². The number of H-pyrrole nitrogens is 1. The first-order chi connectivity index (χ1) is 57.0. The van der Waals surface area contributed by atoms with Crippen LogP contribution in [-0.2, 0) is 21.7 Å². The number of aromatic nitrogens is 1. The lowest BCUT2D eigenvalue weighted by molar-refractivity contribution is 0.398. The Bertz CT molecular complexity index is 5410. The van der Waals surface area contributed by atoms with Crippen LogP contribution in [0, 0.1) is 27.7 Å². The van der Waals surface area contributed by atoms with Gasteiger partial charge < -0.3 is 4.98 Å². The minimum absolute atomic E-state index is 0.0571. The number of hydrogen-bond donors (Lipinski definition) is 1. The lowest BCUT2D eigenvalue weighted by atomic mass is 9.70. The Balaban J connectivity index is 0.609. The van der Waals surface area contributed by atoms with Gasteiger partial charge in [-0.05, 0) is 292 Å². The number of hydrogen-bond acceptors (Lipinski definition) is 0. The molecule has 0 radical (unpaired) electrons. The molecular formula is C116H129N. The van der Waals surface area contributed by atoms with Crippen molar-refractivity contribution in [1.29, 1.82) is 0 Å². The standard InChI is InChI=1S/C116H129N/c1-13-17-21-25-29-37-61-115(62-38-30-26-22-18-14-2)101-43-35-33-41-91(101)97-57-47-83(75-107(97)115)81-45-53-93-95-55-49-85(73-105(95)113(9,10)103(93)71-81)89-65-77(5)111(78(6)66-89)87-51-59-109-99(69-87)100-70-88(52-60-110(100)117-109)112-79(7)67-90(68-80(112)8)86-50-56-96-94-54-46-82(72-104(94)114(11,12)106(96)74-86)84-48-58-98-92-42-34-36-44-102(92)116(108(98)76-84,63-39-31-27-23-19-15-3)64-40-32-28-24-20-16-4/h33-36,41-60,65-76,117H,13-32,37-40,61-64H2,1-12H3. The van der Waals surface area contributed by atoms with Gasteiger partial charge in [-0.3, -0.25) is 0 Å². The minimum atomic E-state index is -0.169. The summed E-state index contributed by atoms with van der Waals surface area (Å²) in [4.78, 5) is 3.82. The fraction of sp³-hybridized carbons (Fsp3) is 0.379. The van der Waals surface area contributed by atoms with E-state index in [9.17, 15) is 0 Å². The molecule has 117 heavy (non-hydrogen) atoms. The van der Waals surface area contributed by atoms with E-state index in [4.69, 9.17) is 0 Å². The van der Waals surface area contributed by atoms with Crippen molar-refractivity contribution in [3.63, 3.8) is 0 Å². The summed E-state index contributed by atoms with van der Waals surface area (Å²) in [6, 6.07) is 87.6. The topological polar surface area (TPSA) is 15.8 Å². The molecule has 1 aromatic heterocycles. The van der Waals surface area contributed by atoms with E-state index in [1.54, 1.807) is 22.3 Å². The van der Waals surface area contributed by atoms with Crippen LogP contribution in [0.25, 0.3) is 133 Å². The van der Waals surface area contributed by atoms with Crippen LogP contribution >= 0.6 is 0 Å². The Kier molecular flexibility index (Phi) is 23.0. The molecule has 4 aliphatic carbocycles. The molecule has 0 unspecified atom stereocenters. The molecule has 13 aromatic rings. The monoisotopic (exact) mass is 1540 g/mol. The third kappa shape index (κ3) is 14.8. The predicted octanol–water partition coefficient (Wildman–Crippen LogP) is 34.7. The van der Waals surface area contributed by atoms with E-state index in [0.717, 1.165) is 0 Å². The third-order valence-electron chi connectivity index (χ3n) is 29.3. The Morgan fingerprint density at radius 2 is 0.453 bits per heavy atom. The van der Waals surface area contributed by atoms with Gasteiger partial charge in [0.25, 0.3) is 0 Å². The number of fused-ring (bicyclic) bond motifs is 15. The lowest BCUT2D eigenvalue weighted by Gasteiger charge is -2.33. The summed E-state index contributed by atoms with van der Waals surface area (Å²) >= 11 is 0. The van der Waals surface area contributed by atoms with Gasteiger partial charge in [-0.2, -0.15) is 0 Å². The van der Waals surface area contributed by atoms with E-state index < -0.39 is 0 Å². The highest BCUT2D eigenvalue weighted by molar-refractivity contribution is 6.10. The van der Waals surface area contributed by atoms with Crippen LogP contribution in [0.5, 0.6) is 0 Å². The van der Waals surface area contributed by atoms with Crippen molar-refractivity contribution in [1.82, 2.24) is 4.98 Å². The molecule has 1 N–H and O–H groups in total. The van der Waals surface area contributed by atoms with Crippen molar-refractivity contribution < 1.29 is 0 Å². The molecule has 0 spiro atoms. The normalized spacial score (nSPS) is 14.5. The first-order valence-corrected chi connectivity index (χ1v) is 46.4. The Labute approximate surface area is 703 Å². The van der Waals surface area contributed by atoms with Crippen LogP contribution in [0.4, 0.5) is 0 Å². The summed E-state index contributed by atoms with van der Waals surface area (Å²) in [7, 11) is 0. The Hall–Kier alpha value is -9.56. The van der Waals surface area contributed by atoms with Crippen molar-refractivity contribution in [2.24, 2.45) is 0 Å². The van der Waals surface area contributed by atoms with E-state index in [1.807, 2.05) is 0 Å². The maximum absolute atomic E-state index is 3.82. The van der Waals surface area contributed by atoms with Gasteiger partial charge in [-0.25, -0.2) is 0 Å². The van der Waals surface area contributed by atoms with Crippen LogP contribution in [0.15, 0.2) is 218 Å². The molecule has 1 heterocycles. The highest BCUT2D eigenvalue weighted by Crippen LogP contribution is 2.59. The van der Waals surface area contributed by atoms with E-state index in [0.29, 0.717) is 0 Å². The molecule has 1 heteroatoms. The molecule has 0 amide bonds. The largest absolute Gasteiger partial charge is 0.355 e. The van der Waals surface area contributed by atoms with Crippen LogP contribution in [0.3, 0.4) is 0 Å². The number of nitrogens with one attached hydrogen (secondary N) is 1. The van der Waals surface area contributed by atoms with E-state index in [-0.39, 0.29) is 21.7 Å². The van der Waals surface area contributed by atoms with Crippen molar-refractivity contribution in [2.75, 3.05) is 0 Å². The number of aromatic amines is 1. The van der Waals surface area contributed by atoms with E-state index in [2.05, 4.69) is 306 Å². The van der Waals surface area contributed by atoms with Crippen LogP contribution in [-0.4, -0.2) is 4.98 Å². The Morgan fingerprint density at radius 1 is 0.214 bits per heavy atom. The molecule has 0 fully saturated rings. The average molecular weight is 1540 g/mol. The van der Waals surface area contributed by atoms with E-state index >= 15 is 0 Å². The van der Waals surface area contributed by atoms with Gasteiger partial charge in [0.1, 0.15) is 0 Å². The van der Waals surface area contributed by atoms with Gasteiger partial charge in [0.05, 0.1) is 0 Å². The SMILES string of the molecule is CCCCCCCCC1(CCCCCCCC)c2ccccc2-c2ccc(-c3ccc4c(c3)C(C)(C)c3cc(-c5cc(C)c(-c6ccc7[nH]c8ccc(-c9c(C)cc(-c%10ccc%11c(c%10)C(C)(C)c%10cc(-c%12ccc%13c(c%12)C(CCCCCCCC)(CCCCCCCC)c%12ccccc%12-%13)ccc%10-%11)cc9C)cc8c7c6)c(C)c5)ccc3-4)cc21. The molecule has 12 aromatic carbocycles. The number of unbranched alkanes of at least 4 members (excludes halogenated alkanes) is 20. The minimum Gasteiger partial charge on any atom is -0.355 e. The zero-order valence-electron chi connectivity index (χ0n) is 73.1. The molecular weight excluding hydrogens is 1410 g/mol. The summed E-state index contributed by atoms with van der Waals surface area (Å²) in [5, 5.41) is 2.52. The number of aryl methyl sites for hydroxylation is 4. The molecule has 4 aliphatic rings. The molecule has 0 aliphatic heterocycles. The van der Waals surface area contributed by atoms with Crippen molar-refractivity contribution >= 4 is 21.8 Å². The van der Waals surface area contributed by atoms with E-state index in [1.165, 1.54) is 357 Å². The second-order valence-electron chi connectivity index (χ2n) is 37.8. The van der Waals surface area contributed by atoms with Gasteiger partial charge in [0.2, 0.25) is 0 Å². The maximum atomic E-state index is 3.82. The van der Waals surface area contributed by atoms with Gasteiger partial charge in [-0.1, -0.05) is 367 Å². The second kappa shape index (κ2) is 33.7. The molecule has 0 saturated carbocycles. The van der Waals surface area contributed by atoms with Gasteiger partial charge in [0.15, 0.2) is 0 Å². The van der Waals surface area contributed by atoms with Gasteiger partial charge in [-0.15, -0.1) is 0 Å². The quantitative estimate of drug-likeness (QED) is 0.0387. The van der Waals surface area contributed by atoms with Crippen LogP contribution in [0.1, 0.15) is 302 Å². The summed E-state index contributed by atoms with van der Waals surface area (Å²) < 4.78 is 0. The van der Waals surface area contributed by atoms with Crippen molar-refractivity contribution in [3.05, 3.63) is 285 Å². The number of benzene rings is 12. The second-order valence-corrected chi connectivity index (χ2v) is 37.8. The zero-order chi connectivity index (χ0) is 80.7. The van der Waals surface area contributed by atoms with Gasteiger partial charge in [0, 0.05) is 43.5 Å². The molecule has 1 nitrogen and oxygen atoms in total. The van der Waals surface area contributed by atoms with Crippen molar-refractivity contribution in [2.45, 2.75) is 285 Å². The first kappa shape index (κ1) is 79.9. The summed E-state index contributed by atoms with van der Waals surface area (Å²) in [6.07, 6.45) is 36.9.